The van der Waals surface area contributed by atoms with Gasteiger partial charge < -0.3 is 24.8 Å². The van der Waals surface area contributed by atoms with E-state index in [9.17, 15) is 4.39 Å². The molecule has 1 saturated heterocycles. The molecule has 0 bridgehead atoms. The Morgan fingerprint density at radius 2 is 1.95 bits per heavy atom. The highest BCUT2D eigenvalue weighted by Crippen LogP contribution is 2.43. The zero-order valence-corrected chi connectivity index (χ0v) is 21.0. The third kappa shape index (κ3) is 4.36. The highest BCUT2D eigenvalue weighted by atomic mass is 19.1. The normalized spacial score (nSPS) is 16.2. The molecule has 8 nitrogen and oxygen atoms in total. The summed E-state index contributed by atoms with van der Waals surface area (Å²) < 4.78 is 42.8. The molecule has 4 aromatic rings. The Morgan fingerprint density at radius 1 is 1.19 bits per heavy atom. The van der Waals surface area contributed by atoms with Crippen LogP contribution < -0.4 is 16.3 Å². The van der Waals surface area contributed by atoms with Gasteiger partial charge in [0.2, 0.25) is 5.88 Å². The average molecular weight is 509 g/mol. The topological polar surface area (TPSA) is 104 Å². The molecule has 1 aliphatic heterocycles. The minimum atomic E-state index is -0.628. The molecular weight excluding hydrogens is 478 g/mol. The Labute approximate surface area is 213 Å². The highest BCUT2D eigenvalue weighted by Gasteiger charge is 2.33. The first-order valence-electron chi connectivity index (χ1n) is 12.1. The predicted molar refractivity (Wildman–Crippen MR) is 138 cm³/mol. The van der Waals surface area contributed by atoms with Crippen molar-refractivity contribution in [1.82, 2.24) is 19.5 Å². The van der Waals surface area contributed by atoms with Crippen molar-refractivity contribution in [2.75, 3.05) is 27.4 Å². The number of pyridine rings is 2. The summed E-state index contributed by atoms with van der Waals surface area (Å²) in [6.45, 7) is 2.87. The van der Waals surface area contributed by atoms with Crippen LogP contribution >= 0.6 is 0 Å². The third-order valence-electron chi connectivity index (χ3n) is 6.98. The van der Waals surface area contributed by atoms with Crippen LogP contribution in [0.2, 0.25) is 0 Å². The predicted octanol–water partition coefficient (Wildman–Crippen LogP) is 4.34. The van der Waals surface area contributed by atoms with Gasteiger partial charge in [-0.2, -0.15) is 0 Å². The van der Waals surface area contributed by atoms with Crippen molar-refractivity contribution < 1.29 is 18.3 Å². The van der Waals surface area contributed by atoms with E-state index in [1.54, 1.807) is 33.5 Å². The molecule has 0 amide bonds. The van der Waals surface area contributed by atoms with Gasteiger partial charge in [-0.1, -0.05) is 6.07 Å². The Hall–Kier alpha value is -3.76. The van der Waals surface area contributed by atoms with Gasteiger partial charge in [0.1, 0.15) is 17.2 Å². The first-order chi connectivity index (χ1) is 17.8. The molecule has 4 N–H and O–H groups in total. The van der Waals surface area contributed by atoms with Crippen LogP contribution in [0.5, 0.6) is 5.88 Å². The zero-order chi connectivity index (χ0) is 26.3. The van der Waals surface area contributed by atoms with Gasteiger partial charge in [0, 0.05) is 60.9 Å². The molecule has 0 spiro atoms. The molecule has 1 aliphatic rings. The molecule has 37 heavy (non-hydrogen) atoms. The molecule has 1 aromatic carbocycles. The molecule has 0 aliphatic carbocycles. The number of nitrogens with zero attached hydrogens (tertiary/aromatic N) is 4. The molecule has 0 radical (unpaired) electrons. The first kappa shape index (κ1) is 24.9. The maximum Gasteiger partial charge on any atom is 0.238 e. The van der Waals surface area contributed by atoms with Crippen LogP contribution in [-0.2, 0) is 4.74 Å². The van der Waals surface area contributed by atoms with E-state index in [0.717, 1.165) is 17.0 Å². The lowest BCUT2D eigenvalue weighted by atomic mass is 9.86. The van der Waals surface area contributed by atoms with Crippen molar-refractivity contribution in [1.29, 1.82) is 0 Å². The number of rotatable bonds is 6. The largest absolute Gasteiger partial charge is 0.479 e. The van der Waals surface area contributed by atoms with Crippen molar-refractivity contribution in [3.8, 4) is 5.88 Å². The van der Waals surface area contributed by atoms with Crippen LogP contribution in [0.3, 0.4) is 0 Å². The van der Waals surface area contributed by atoms with Crippen LogP contribution in [0.4, 0.5) is 8.78 Å². The molecule has 3 aromatic heterocycles. The van der Waals surface area contributed by atoms with Gasteiger partial charge in [0.05, 0.1) is 29.9 Å². The number of benzene rings is 1. The third-order valence-corrected chi connectivity index (χ3v) is 6.98. The summed E-state index contributed by atoms with van der Waals surface area (Å²) in [5.74, 6) is 5.26. The van der Waals surface area contributed by atoms with Crippen molar-refractivity contribution in [2.45, 2.75) is 25.8 Å². The molecule has 0 saturated carbocycles. The van der Waals surface area contributed by atoms with Gasteiger partial charge in [-0.3, -0.25) is 4.98 Å². The summed E-state index contributed by atoms with van der Waals surface area (Å²) in [5, 5.41) is 2.26. The van der Waals surface area contributed by atoms with Gasteiger partial charge in [0.25, 0.3) is 0 Å². The summed E-state index contributed by atoms with van der Waals surface area (Å²) in [6, 6.07) is 7.06. The van der Waals surface area contributed by atoms with Crippen LogP contribution in [0.25, 0.3) is 27.6 Å². The zero-order valence-electron chi connectivity index (χ0n) is 21.0. The van der Waals surface area contributed by atoms with E-state index in [4.69, 9.17) is 26.0 Å². The summed E-state index contributed by atoms with van der Waals surface area (Å²) in [7, 11) is 3.25. The van der Waals surface area contributed by atoms with Gasteiger partial charge >= 0.3 is 0 Å². The van der Waals surface area contributed by atoms with Crippen molar-refractivity contribution in [3.63, 3.8) is 0 Å². The second kappa shape index (κ2) is 9.95. The van der Waals surface area contributed by atoms with Gasteiger partial charge in [-0.15, -0.1) is 0 Å². The van der Waals surface area contributed by atoms with Crippen molar-refractivity contribution in [2.24, 2.45) is 17.5 Å². The lowest BCUT2D eigenvalue weighted by Crippen LogP contribution is -2.28. The van der Waals surface area contributed by atoms with Gasteiger partial charge in [-0.05, 0) is 43.9 Å². The monoisotopic (exact) mass is 508 g/mol. The number of hydrazine groups is 1. The lowest BCUT2D eigenvalue weighted by Gasteiger charge is -2.33. The Kier molecular flexibility index (Phi) is 6.70. The second-order valence-electron chi connectivity index (χ2n) is 9.38. The molecule has 194 valence electrons. The number of fused-ring (bicyclic) bond motifs is 3. The smallest absolute Gasteiger partial charge is 0.238 e. The average Bonchev–Trinajstić information content (AvgIpc) is 3.19. The van der Waals surface area contributed by atoms with E-state index in [1.165, 1.54) is 17.1 Å². The number of ether oxygens (including phenoxy) is 2. The maximum atomic E-state index is 15.5. The quantitative estimate of drug-likeness (QED) is 0.295. The SMILES string of the molecule is COc1nccc2c3ncc(/C(=C(\C)N)N(C)N)cc3n(C(c3ccc(F)cc3F)C3CCOCC3)c12. The summed E-state index contributed by atoms with van der Waals surface area (Å²) in [4.78, 5) is 9.24. The number of aromatic nitrogens is 3. The Balaban J connectivity index is 1.90. The number of allylic oxidation sites excluding steroid dienone is 1. The minimum absolute atomic E-state index is 0.00418. The molecule has 5 rings (SSSR count). The number of hydrogen-bond acceptors (Lipinski definition) is 7. The first-order valence-corrected chi connectivity index (χ1v) is 12.1. The fraction of sp³-hybridized carbons (Fsp3) is 0.333. The van der Waals surface area contributed by atoms with Crippen LogP contribution in [-0.4, -0.2) is 46.9 Å². The number of nitrogens with two attached hydrogens (primary N) is 2. The highest BCUT2D eigenvalue weighted by molar-refractivity contribution is 6.08. The number of hydrogen-bond donors (Lipinski definition) is 2. The van der Waals surface area contributed by atoms with E-state index in [-0.39, 0.29) is 5.92 Å². The molecule has 1 unspecified atom stereocenters. The van der Waals surface area contributed by atoms with E-state index in [2.05, 4.69) is 4.98 Å². The van der Waals surface area contributed by atoms with E-state index in [0.29, 0.717) is 65.5 Å². The van der Waals surface area contributed by atoms with Crippen molar-refractivity contribution >= 4 is 27.6 Å². The van der Waals surface area contributed by atoms with E-state index < -0.39 is 17.7 Å². The van der Waals surface area contributed by atoms with E-state index >= 15 is 4.39 Å². The van der Waals surface area contributed by atoms with Gasteiger partial charge in [0.15, 0.2) is 0 Å². The lowest BCUT2D eigenvalue weighted by molar-refractivity contribution is 0.0548. The van der Waals surface area contributed by atoms with E-state index in [1.807, 2.05) is 16.7 Å². The number of methoxy groups -OCH3 is 1. The summed E-state index contributed by atoms with van der Waals surface area (Å²) in [5.41, 5.74) is 10.5. The molecular formula is C27H30F2N6O2. The molecule has 1 fully saturated rings. The standard InChI is InChI=1S/C27H30F2N6O2/c1-15(30)24(34(2)31)17-12-22-23(33-14-17)20-6-9-32-27(36-3)26(20)35(22)25(16-7-10-37-11-8-16)19-5-4-18(28)13-21(19)29/h4-6,9,12-14,16,25H,7-8,10-11,30-31H2,1-3H3/b24-15-. The molecule has 1 atom stereocenters. The minimum Gasteiger partial charge on any atom is -0.479 e. The van der Waals surface area contributed by atoms with Crippen LogP contribution in [0.15, 0.2) is 48.4 Å². The molecule has 10 heteroatoms. The van der Waals surface area contributed by atoms with Crippen molar-refractivity contribution in [3.05, 3.63) is 71.2 Å². The Bertz CT molecular complexity index is 1490. The molecule has 4 heterocycles. The van der Waals surface area contributed by atoms with Crippen LogP contribution in [0, 0.1) is 17.6 Å². The summed E-state index contributed by atoms with van der Waals surface area (Å²) >= 11 is 0. The van der Waals surface area contributed by atoms with Gasteiger partial charge in [-0.25, -0.2) is 19.6 Å². The second-order valence-corrected chi connectivity index (χ2v) is 9.38. The summed E-state index contributed by atoms with van der Waals surface area (Å²) in [6.07, 6.45) is 4.79. The van der Waals surface area contributed by atoms with Crippen LogP contribution in [0.1, 0.15) is 36.9 Å². The fourth-order valence-corrected chi connectivity index (χ4v) is 5.48. The maximum absolute atomic E-state index is 15.5. The fourth-order valence-electron chi connectivity index (χ4n) is 5.48. The Morgan fingerprint density at radius 3 is 2.59 bits per heavy atom. The number of halogens is 2.